The van der Waals surface area contributed by atoms with Crippen molar-refractivity contribution in [1.82, 2.24) is 0 Å². The van der Waals surface area contributed by atoms with E-state index in [0.717, 1.165) is 12.1 Å². The molecule has 1 rings (SSSR count). The van der Waals surface area contributed by atoms with Crippen LogP contribution in [0, 0.1) is 0 Å². The molecule has 0 spiro atoms. The second kappa shape index (κ2) is 7.62. The fourth-order valence-corrected chi connectivity index (χ4v) is 1.66. The quantitative estimate of drug-likeness (QED) is 0.329. The summed E-state index contributed by atoms with van der Waals surface area (Å²) in [7, 11) is 0. The zero-order valence-electron chi connectivity index (χ0n) is 13.3. The summed E-state index contributed by atoms with van der Waals surface area (Å²) in [5.41, 5.74) is -1.16. The van der Waals surface area contributed by atoms with Crippen molar-refractivity contribution >= 4 is 11.9 Å². The molecule has 0 N–H and O–H groups in total. The van der Waals surface area contributed by atoms with Crippen molar-refractivity contribution in [1.29, 1.82) is 0 Å². The highest BCUT2D eigenvalue weighted by atomic mass is 19.4. The molecule has 9 heteroatoms. The van der Waals surface area contributed by atoms with E-state index in [-0.39, 0.29) is 5.57 Å². The molecular formula is C16H15F5O4. The molecule has 0 aliphatic heterocycles. The summed E-state index contributed by atoms with van der Waals surface area (Å²) in [6.07, 6.45) is -7.11. The van der Waals surface area contributed by atoms with E-state index < -0.39 is 47.9 Å². The summed E-state index contributed by atoms with van der Waals surface area (Å²) in [5, 5.41) is 0. The molecule has 1 unspecified atom stereocenters. The van der Waals surface area contributed by atoms with Crippen LogP contribution in [0.25, 0.3) is 0 Å². The van der Waals surface area contributed by atoms with Crippen LogP contribution in [0.15, 0.2) is 36.4 Å². The first kappa shape index (κ1) is 20.6. The number of alkyl halides is 5. The number of hydrogen-bond donors (Lipinski definition) is 0. The van der Waals surface area contributed by atoms with Crippen LogP contribution >= 0.6 is 0 Å². The molecule has 1 aromatic rings. The van der Waals surface area contributed by atoms with Gasteiger partial charge in [-0.1, -0.05) is 13.5 Å². The summed E-state index contributed by atoms with van der Waals surface area (Å²) in [6.45, 7) is 5.74. The van der Waals surface area contributed by atoms with Crippen LogP contribution in [-0.4, -0.2) is 24.0 Å². The Balaban J connectivity index is 2.89. The summed E-state index contributed by atoms with van der Waals surface area (Å²) < 4.78 is 74.4. The van der Waals surface area contributed by atoms with Gasteiger partial charge in [-0.15, -0.1) is 0 Å². The smallest absolute Gasteiger partial charge is 0.416 e. The molecule has 138 valence electrons. The highest BCUT2D eigenvalue weighted by Gasteiger charge is 2.51. The van der Waals surface area contributed by atoms with E-state index in [1.807, 2.05) is 0 Å². The SMILES string of the molecule is C=C(C)C(=O)OC(CC)C(F)(F)C(=O)Oc1ccc(C(F)(F)F)cc1. The Labute approximate surface area is 140 Å². The van der Waals surface area contributed by atoms with Crippen LogP contribution in [0.2, 0.25) is 0 Å². The first-order valence-electron chi connectivity index (χ1n) is 7.03. The molecule has 0 bridgehead atoms. The van der Waals surface area contributed by atoms with E-state index in [1.54, 1.807) is 0 Å². The van der Waals surface area contributed by atoms with Gasteiger partial charge in [-0.2, -0.15) is 22.0 Å². The molecule has 1 atom stereocenters. The van der Waals surface area contributed by atoms with Gasteiger partial charge in [-0.3, -0.25) is 0 Å². The number of benzene rings is 1. The van der Waals surface area contributed by atoms with E-state index in [2.05, 4.69) is 16.1 Å². The second-order valence-electron chi connectivity index (χ2n) is 5.12. The van der Waals surface area contributed by atoms with Crippen LogP contribution in [0.5, 0.6) is 5.75 Å². The number of carbonyl (C=O) groups is 2. The Hall–Kier alpha value is -2.45. The third kappa shape index (κ3) is 5.27. The fraction of sp³-hybridized carbons (Fsp3) is 0.375. The summed E-state index contributed by atoms with van der Waals surface area (Å²) in [6, 6.07) is 2.63. The second-order valence-corrected chi connectivity index (χ2v) is 5.12. The molecule has 0 amide bonds. The van der Waals surface area contributed by atoms with Gasteiger partial charge < -0.3 is 9.47 Å². The molecule has 4 nitrogen and oxygen atoms in total. The number of halogens is 5. The predicted octanol–water partition coefficient (Wildman–Crippen LogP) is 4.14. The van der Waals surface area contributed by atoms with E-state index in [0.29, 0.717) is 12.1 Å². The van der Waals surface area contributed by atoms with Crippen LogP contribution in [0.1, 0.15) is 25.8 Å². The van der Waals surface area contributed by atoms with E-state index >= 15 is 0 Å². The Morgan fingerprint density at radius 2 is 1.64 bits per heavy atom. The molecule has 1 aromatic carbocycles. The summed E-state index contributed by atoms with van der Waals surface area (Å²) in [5.74, 6) is -7.84. The predicted molar refractivity (Wildman–Crippen MR) is 77.0 cm³/mol. The van der Waals surface area contributed by atoms with Crippen LogP contribution < -0.4 is 4.74 Å². The van der Waals surface area contributed by atoms with E-state index in [1.165, 1.54) is 13.8 Å². The fourth-order valence-electron chi connectivity index (χ4n) is 1.66. The zero-order chi connectivity index (χ0) is 19.4. The molecule has 25 heavy (non-hydrogen) atoms. The normalized spacial score (nSPS) is 13.1. The molecule has 0 saturated heterocycles. The van der Waals surface area contributed by atoms with Gasteiger partial charge in [0.1, 0.15) is 5.75 Å². The van der Waals surface area contributed by atoms with Gasteiger partial charge in [0.15, 0.2) is 6.10 Å². The minimum Gasteiger partial charge on any atom is -0.452 e. The maximum atomic E-state index is 14.1. The first-order chi connectivity index (χ1) is 11.4. The van der Waals surface area contributed by atoms with E-state index in [4.69, 9.17) is 0 Å². The number of hydrogen-bond acceptors (Lipinski definition) is 4. The molecule has 0 heterocycles. The molecule has 0 aliphatic rings. The standard InChI is InChI=1S/C16H15F5O4/c1-4-12(25-13(22)9(2)3)15(17,18)14(23)24-11-7-5-10(6-8-11)16(19,20)21/h5-8,12H,2,4H2,1,3H3. The topological polar surface area (TPSA) is 52.6 Å². The summed E-state index contributed by atoms with van der Waals surface area (Å²) >= 11 is 0. The van der Waals surface area contributed by atoms with Gasteiger partial charge in [-0.05, 0) is 37.6 Å². The van der Waals surface area contributed by atoms with Crippen molar-refractivity contribution in [2.75, 3.05) is 0 Å². The zero-order valence-corrected chi connectivity index (χ0v) is 13.3. The molecule has 0 radical (unpaired) electrons. The minimum absolute atomic E-state index is 0.134. The van der Waals surface area contributed by atoms with Gasteiger partial charge in [0.05, 0.1) is 5.56 Å². The van der Waals surface area contributed by atoms with Crippen LogP contribution in [-0.2, 0) is 20.5 Å². The molecular weight excluding hydrogens is 351 g/mol. The Bertz CT molecular complexity index is 649. The largest absolute Gasteiger partial charge is 0.452 e. The van der Waals surface area contributed by atoms with E-state index in [9.17, 15) is 31.5 Å². The van der Waals surface area contributed by atoms with Crippen molar-refractivity contribution < 1.29 is 41.0 Å². The van der Waals surface area contributed by atoms with Gasteiger partial charge in [0.2, 0.25) is 0 Å². The van der Waals surface area contributed by atoms with Crippen molar-refractivity contribution in [3.05, 3.63) is 42.0 Å². The maximum Gasteiger partial charge on any atom is 0.416 e. The third-order valence-electron chi connectivity index (χ3n) is 3.04. The van der Waals surface area contributed by atoms with Gasteiger partial charge in [0, 0.05) is 5.57 Å². The molecule has 0 aromatic heterocycles. The lowest BCUT2D eigenvalue weighted by Gasteiger charge is -2.24. The Morgan fingerprint density at radius 3 is 2.04 bits per heavy atom. The highest BCUT2D eigenvalue weighted by Crippen LogP contribution is 2.31. The lowest BCUT2D eigenvalue weighted by Crippen LogP contribution is -2.46. The monoisotopic (exact) mass is 366 g/mol. The molecule has 0 aliphatic carbocycles. The average molecular weight is 366 g/mol. The lowest BCUT2D eigenvalue weighted by molar-refractivity contribution is -0.189. The highest BCUT2D eigenvalue weighted by molar-refractivity contribution is 5.88. The van der Waals surface area contributed by atoms with Gasteiger partial charge in [0.25, 0.3) is 0 Å². The third-order valence-corrected chi connectivity index (χ3v) is 3.04. The average Bonchev–Trinajstić information content (AvgIpc) is 2.51. The number of carbonyl (C=O) groups excluding carboxylic acids is 2. The van der Waals surface area contributed by atoms with Gasteiger partial charge in [-0.25, -0.2) is 9.59 Å². The number of ether oxygens (including phenoxy) is 2. The van der Waals surface area contributed by atoms with Gasteiger partial charge >= 0.3 is 24.0 Å². The Kier molecular flexibility index (Phi) is 6.28. The van der Waals surface area contributed by atoms with Crippen molar-refractivity contribution in [2.24, 2.45) is 0 Å². The maximum absolute atomic E-state index is 14.1. The van der Waals surface area contributed by atoms with Crippen LogP contribution in [0.4, 0.5) is 22.0 Å². The molecule has 0 saturated carbocycles. The Morgan fingerprint density at radius 1 is 1.12 bits per heavy atom. The lowest BCUT2D eigenvalue weighted by atomic mass is 10.1. The number of esters is 2. The molecule has 0 fully saturated rings. The van der Waals surface area contributed by atoms with Crippen molar-refractivity contribution in [3.63, 3.8) is 0 Å². The first-order valence-corrected chi connectivity index (χ1v) is 7.03. The van der Waals surface area contributed by atoms with Crippen molar-refractivity contribution in [2.45, 2.75) is 38.5 Å². The number of rotatable bonds is 6. The van der Waals surface area contributed by atoms with Crippen LogP contribution in [0.3, 0.4) is 0 Å². The van der Waals surface area contributed by atoms with Crippen molar-refractivity contribution in [3.8, 4) is 5.75 Å². The minimum atomic E-state index is -4.61. The summed E-state index contributed by atoms with van der Waals surface area (Å²) in [4.78, 5) is 23.0.